The minimum Gasteiger partial charge on any atom is -0.352 e. The minimum absolute atomic E-state index is 0.0839. The number of likely N-dealkylation sites (N-methyl/N-ethyl adjacent to an activating group) is 1. The highest BCUT2D eigenvalue weighted by molar-refractivity contribution is 5.87. The molecular weight excluding hydrogens is 218 g/mol. The number of hydrogen-bond donors (Lipinski definition) is 2. The van der Waals surface area contributed by atoms with Gasteiger partial charge in [-0.05, 0) is 27.2 Å². The van der Waals surface area contributed by atoms with Crippen molar-refractivity contribution in [3.05, 3.63) is 0 Å². The van der Waals surface area contributed by atoms with Gasteiger partial charge in [0, 0.05) is 12.6 Å². The summed E-state index contributed by atoms with van der Waals surface area (Å²) in [6.45, 7) is 8.19. The maximum atomic E-state index is 11.9. The highest BCUT2D eigenvalue weighted by Gasteiger charge is 2.21. The van der Waals surface area contributed by atoms with E-state index in [0.29, 0.717) is 13.0 Å². The highest BCUT2D eigenvalue weighted by atomic mass is 16.2. The topological polar surface area (TPSA) is 75.4 Å². The van der Waals surface area contributed by atoms with E-state index in [4.69, 9.17) is 5.73 Å². The van der Waals surface area contributed by atoms with Gasteiger partial charge >= 0.3 is 0 Å². The predicted molar refractivity (Wildman–Crippen MR) is 68.4 cm³/mol. The summed E-state index contributed by atoms with van der Waals surface area (Å²) in [4.78, 5) is 25.0. The van der Waals surface area contributed by atoms with Gasteiger partial charge in [0.15, 0.2) is 0 Å². The number of amides is 2. The molecule has 0 aliphatic heterocycles. The molecule has 3 N–H and O–H groups in total. The van der Waals surface area contributed by atoms with Crippen molar-refractivity contribution in [1.82, 2.24) is 10.2 Å². The van der Waals surface area contributed by atoms with Crippen LogP contribution in [-0.4, -0.2) is 41.9 Å². The molecule has 1 atom stereocenters. The molecule has 0 aliphatic rings. The maximum Gasteiger partial charge on any atom is 0.239 e. The van der Waals surface area contributed by atoms with E-state index in [1.807, 2.05) is 27.7 Å². The second-order valence-corrected chi connectivity index (χ2v) is 4.47. The first-order valence-electron chi connectivity index (χ1n) is 6.26. The Morgan fingerprint density at radius 1 is 1.29 bits per heavy atom. The van der Waals surface area contributed by atoms with E-state index in [1.54, 1.807) is 0 Å². The van der Waals surface area contributed by atoms with Crippen LogP contribution in [0.1, 0.15) is 40.5 Å². The lowest BCUT2D eigenvalue weighted by Gasteiger charge is -2.24. The SMILES string of the molecule is CCCC(N)C(=O)N(CC)CC(=O)NC(C)C. The van der Waals surface area contributed by atoms with Gasteiger partial charge < -0.3 is 16.0 Å². The number of nitrogens with one attached hydrogen (secondary N) is 1. The largest absolute Gasteiger partial charge is 0.352 e. The van der Waals surface area contributed by atoms with Crippen molar-refractivity contribution in [3.63, 3.8) is 0 Å². The number of nitrogens with two attached hydrogens (primary N) is 1. The molecule has 2 amide bonds. The van der Waals surface area contributed by atoms with Crippen molar-refractivity contribution in [3.8, 4) is 0 Å². The molecule has 17 heavy (non-hydrogen) atoms. The molecular formula is C12H25N3O2. The van der Waals surface area contributed by atoms with Gasteiger partial charge in [0.2, 0.25) is 11.8 Å². The van der Waals surface area contributed by atoms with Crippen molar-refractivity contribution < 1.29 is 9.59 Å². The lowest BCUT2D eigenvalue weighted by Crippen LogP contribution is -2.48. The van der Waals surface area contributed by atoms with E-state index in [9.17, 15) is 9.59 Å². The second kappa shape index (κ2) is 8.06. The number of carbonyl (C=O) groups is 2. The van der Waals surface area contributed by atoms with E-state index >= 15 is 0 Å². The Morgan fingerprint density at radius 2 is 1.88 bits per heavy atom. The highest BCUT2D eigenvalue weighted by Crippen LogP contribution is 2.00. The minimum atomic E-state index is -0.494. The fraction of sp³-hybridized carbons (Fsp3) is 0.833. The summed E-state index contributed by atoms with van der Waals surface area (Å²) >= 11 is 0. The molecule has 0 spiro atoms. The van der Waals surface area contributed by atoms with Crippen LogP contribution in [0.15, 0.2) is 0 Å². The van der Waals surface area contributed by atoms with E-state index in [-0.39, 0.29) is 24.4 Å². The summed E-state index contributed by atoms with van der Waals surface area (Å²) in [6, 6.07) is -0.410. The van der Waals surface area contributed by atoms with Crippen LogP contribution in [0.2, 0.25) is 0 Å². The van der Waals surface area contributed by atoms with Crippen LogP contribution < -0.4 is 11.1 Å². The van der Waals surface area contributed by atoms with Crippen LogP contribution in [0, 0.1) is 0 Å². The van der Waals surface area contributed by atoms with Crippen molar-refractivity contribution in [2.24, 2.45) is 5.73 Å². The molecule has 0 aromatic heterocycles. The smallest absolute Gasteiger partial charge is 0.239 e. The molecule has 0 rings (SSSR count). The van der Waals surface area contributed by atoms with Gasteiger partial charge in [0.25, 0.3) is 0 Å². The quantitative estimate of drug-likeness (QED) is 0.683. The fourth-order valence-corrected chi connectivity index (χ4v) is 1.56. The molecule has 0 bridgehead atoms. The van der Waals surface area contributed by atoms with E-state index < -0.39 is 6.04 Å². The summed E-state index contributed by atoms with van der Waals surface area (Å²) in [7, 11) is 0. The zero-order valence-electron chi connectivity index (χ0n) is 11.3. The average Bonchev–Trinajstić information content (AvgIpc) is 2.24. The van der Waals surface area contributed by atoms with Gasteiger partial charge in [0.05, 0.1) is 12.6 Å². The van der Waals surface area contributed by atoms with Crippen LogP contribution in [0.5, 0.6) is 0 Å². The summed E-state index contributed by atoms with van der Waals surface area (Å²) in [5.74, 6) is -0.285. The Balaban J connectivity index is 4.32. The van der Waals surface area contributed by atoms with Crippen LogP contribution in [0.25, 0.3) is 0 Å². The molecule has 0 aliphatic carbocycles. The standard InChI is InChI=1S/C12H25N3O2/c1-5-7-10(13)12(17)15(6-2)8-11(16)14-9(3)4/h9-10H,5-8,13H2,1-4H3,(H,14,16). The van der Waals surface area contributed by atoms with Crippen LogP contribution in [-0.2, 0) is 9.59 Å². The zero-order chi connectivity index (χ0) is 13.4. The molecule has 100 valence electrons. The predicted octanol–water partition coefficient (Wildman–Crippen LogP) is 0.487. The monoisotopic (exact) mass is 243 g/mol. The molecule has 1 unspecified atom stereocenters. The molecule has 0 heterocycles. The molecule has 0 aromatic carbocycles. The number of hydrogen-bond acceptors (Lipinski definition) is 3. The van der Waals surface area contributed by atoms with Crippen LogP contribution >= 0.6 is 0 Å². The zero-order valence-corrected chi connectivity index (χ0v) is 11.3. The van der Waals surface area contributed by atoms with Crippen molar-refractivity contribution in [2.45, 2.75) is 52.6 Å². The van der Waals surface area contributed by atoms with Crippen LogP contribution in [0.3, 0.4) is 0 Å². The molecule has 0 fully saturated rings. The third kappa shape index (κ3) is 6.26. The first kappa shape index (κ1) is 15.9. The van der Waals surface area contributed by atoms with Gasteiger partial charge in [-0.3, -0.25) is 9.59 Å². The van der Waals surface area contributed by atoms with E-state index in [0.717, 1.165) is 6.42 Å². The Hall–Kier alpha value is -1.10. The average molecular weight is 243 g/mol. The first-order chi connectivity index (χ1) is 7.92. The lowest BCUT2D eigenvalue weighted by molar-refractivity contribution is -0.137. The maximum absolute atomic E-state index is 11.9. The van der Waals surface area contributed by atoms with E-state index in [2.05, 4.69) is 5.32 Å². The number of carbonyl (C=O) groups excluding carboxylic acids is 2. The second-order valence-electron chi connectivity index (χ2n) is 4.47. The number of rotatable bonds is 7. The normalized spacial score (nSPS) is 12.4. The Labute approximate surface area is 104 Å². The molecule has 5 heteroatoms. The van der Waals surface area contributed by atoms with Gasteiger partial charge in [-0.1, -0.05) is 13.3 Å². The summed E-state index contributed by atoms with van der Waals surface area (Å²) in [6.07, 6.45) is 1.52. The summed E-state index contributed by atoms with van der Waals surface area (Å²) in [5.41, 5.74) is 5.76. The Bertz CT molecular complexity index is 254. The fourth-order valence-electron chi connectivity index (χ4n) is 1.56. The molecule has 5 nitrogen and oxygen atoms in total. The third-order valence-corrected chi connectivity index (χ3v) is 2.39. The molecule has 0 aromatic rings. The Kier molecular flexibility index (Phi) is 7.54. The van der Waals surface area contributed by atoms with Gasteiger partial charge in [-0.2, -0.15) is 0 Å². The van der Waals surface area contributed by atoms with Gasteiger partial charge in [-0.15, -0.1) is 0 Å². The first-order valence-corrected chi connectivity index (χ1v) is 6.26. The van der Waals surface area contributed by atoms with Crippen LogP contribution in [0.4, 0.5) is 0 Å². The third-order valence-electron chi connectivity index (χ3n) is 2.39. The number of nitrogens with zero attached hydrogens (tertiary/aromatic N) is 1. The van der Waals surface area contributed by atoms with Crippen molar-refractivity contribution in [2.75, 3.05) is 13.1 Å². The van der Waals surface area contributed by atoms with Crippen molar-refractivity contribution >= 4 is 11.8 Å². The summed E-state index contributed by atoms with van der Waals surface area (Å²) < 4.78 is 0. The molecule has 0 saturated carbocycles. The summed E-state index contributed by atoms with van der Waals surface area (Å²) in [5, 5.41) is 2.76. The molecule has 0 saturated heterocycles. The van der Waals surface area contributed by atoms with Gasteiger partial charge in [-0.25, -0.2) is 0 Å². The molecule has 0 radical (unpaired) electrons. The Morgan fingerprint density at radius 3 is 2.29 bits per heavy atom. The van der Waals surface area contributed by atoms with Gasteiger partial charge in [0.1, 0.15) is 0 Å². The lowest BCUT2D eigenvalue weighted by atomic mass is 10.1. The van der Waals surface area contributed by atoms with E-state index in [1.165, 1.54) is 4.90 Å². The van der Waals surface area contributed by atoms with Crippen molar-refractivity contribution in [1.29, 1.82) is 0 Å².